The third kappa shape index (κ3) is 3.16. The van der Waals surface area contributed by atoms with Crippen LogP contribution in [-0.4, -0.2) is 6.18 Å². The zero-order chi connectivity index (χ0) is 12.8. The van der Waals surface area contributed by atoms with Crippen molar-refractivity contribution in [2.75, 3.05) is 0 Å². The highest BCUT2D eigenvalue weighted by Crippen LogP contribution is 2.47. The number of halogens is 5. The summed E-state index contributed by atoms with van der Waals surface area (Å²) in [5.41, 5.74) is 0.792. The molecule has 0 aliphatic carbocycles. The lowest BCUT2D eigenvalue weighted by Crippen LogP contribution is -2.13. The minimum absolute atomic E-state index is 0. The number of alkyl halides is 3. The van der Waals surface area contributed by atoms with E-state index in [4.69, 9.17) is 4.74 Å². The lowest BCUT2D eigenvalue weighted by Gasteiger charge is -2.23. The third-order valence-corrected chi connectivity index (χ3v) is 3.68. The van der Waals surface area contributed by atoms with Gasteiger partial charge in [-0.05, 0) is 24.3 Å². The first kappa shape index (κ1) is 17.0. The molecule has 1 aromatic rings. The monoisotopic (exact) mass is 340 g/mol. The van der Waals surface area contributed by atoms with Crippen molar-refractivity contribution >= 4 is 42.7 Å². The van der Waals surface area contributed by atoms with E-state index < -0.39 is 11.1 Å². The summed E-state index contributed by atoms with van der Waals surface area (Å²) in [4.78, 5) is -0.135. The van der Waals surface area contributed by atoms with Gasteiger partial charge in [0.05, 0.1) is 9.81 Å². The molecule has 2 heterocycles. The molecule has 108 valence electrons. The highest BCUT2D eigenvalue weighted by atomic mass is 35.5. The normalized spacial score (nSPS) is 16.1. The minimum atomic E-state index is -4.31. The topological polar surface area (TPSA) is 9.23 Å². The summed E-state index contributed by atoms with van der Waals surface area (Å²) in [6.45, 7) is 0. The van der Waals surface area contributed by atoms with Crippen molar-refractivity contribution in [2.24, 2.45) is 0 Å². The molecule has 0 fully saturated rings. The van der Waals surface area contributed by atoms with E-state index in [9.17, 15) is 13.2 Å². The number of rotatable bonds is 0. The van der Waals surface area contributed by atoms with Crippen LogP contribution >= 0.6 is 36.6 Å². The molecule has 2 aliphatic rings. The van der Waals surface area contributed by atoms with E-state index in [0.717, 1.165) is 11.6 Å². The van der Waals surface area contributed by atoms with Crippen LogP contribution in [-0.2, 0) is 0 Å². The Morgan fingerprint density at radius 2 is 1.70 bits per heavy atom. The van der Waals surface area contributed by atoms with Crippen LogP contribution in [0.2, 0.25) is 0 Å². The van der Waals surface area contributed by atoms with Gasteiger partial charge in [0.25, 0.3) is 0 Å². The molecule has 1 aromatic carbocycles. The molecule has 0 saturated heterocycles. The number of benzene rings is 1. The van der Waals surface area contributed by atoms with E-state index in [1.807, 2.05) is 18.2 Å². The zero-order valence-electron chi connectivity index (χ0n) is 9.81. The summed E-state index contributed by atoms with van der Waals surface area (Å²) >= 11 is 0.690. The fourth-order valence-corrected chi connectivity index (χ4v) is 2.61. The third-order valence-electron chi connectivity index (χ3n) is 2.55. The summed E-state index contributed by atoms with van der Waals surface area (Å²) < 4.78 is 43.4. The van der Waals surface area contributed by atoms with E-state index >= 15 is 0 Å². The Kier molecular flexibility index (Phi) is 5.24. The Morgan fingerprint density at radius 3 is 2.40 bits per heavy atom. The Balaban J connectivity index is 0.000001000. The average molecular weight is 341 g/mol. The first-order valence-corrected chi connectivity index (χ1v) is 6.02. The van der Waals surface area contributed by atoms with Gasteiger partial charge in [-0.15, -0.1) is 24.8 Å². The smallest absolute Gasteiger partial charge is 0.422 e. The summed E-state index contributed by atoms with van der Waals surface area (Å²) in [7, 11) is 0. The standard InChI is InChI=1S/C13H7F3OS.2ClH/c14-13(15,16)12-6-5-10-11(18-12)7-8-3-1-2-4-9(8)17-10;;/h1-7H;2*1H. The SMILES string of the molecule is Cl.Cl.FC(F)(F)C1=CC=C2Oc3ccccc3C=C2S1. The van der Waals surface area contributed by atoms with Crippen LogP contribution in [0, 0.1) is 0 Å². The lowest BCUT2D eigenvalue weighted by atomic mass is 10.1. The molecular weight excluding hydrogens is 332 g/mol. The molecule has 0 N–H and O–H groups in total. The maximum atomic E-state index is 12.6. The van der Waals surface area contributed by atoms with Gasteiger partial charge in [-0.2, -0.15) is 13.2 Å². The first-order chi connectivity index (χ1) is 8.54. The van der Waals surface area contributed by atoms with Crippen LogP contribution in [0.15, 0.2) is 52.0 Å². The predicted octanol–water partition coefficient (Wildman–Crippen LogP) is 5.34. The van der Waals surface area contributed by atoms with Crippen molar-refractivity contribution < 1.29 is 17.9 Å². The number of para-hydroxylation sites is 1. The molecule has 7 heteroatoms. The zero-order valence-corrected chi connectivity index (χ0v) is 12.3. The number of allylic oxidation sites excluding steroid dienone is 3. The molecule has 0 atom stereocenters. The molecule has 20 heavy (non-hydrogen) atoms. The summed E-state index contributed by atoms with van der Waals surface area (Å²) in [6, 6.07) is 7.25. The van der Waals surface area contributed by atoms with E-state index in [2.05, 4.69) is 0 Å². The van der Waals surface area contributed by atoms with Crippen molar-refractivity contribution in [3.63, 3.8) is 0 Å². The molecule has 0 radical (unpaired) electrons. The van der Waals surface area contributed by atoms with Crippen molar-refractivity contribution in [1.29, 1.82) is 0 Å². The quantitative estimate of drug-likeness (QED) is 0.630. The molecule has 3 rings (SSSR count). The molecular formula is C13H9Cl2F3OS. The van der Waals surface area contributed by atoms with Crippen molar-refractivity contribution in [2.45, 2.75) is 6.18 Å². The highest BCUT2D eigenvalue weighted by Gasteiger charge is 2.37. The van der Waals surface area contributed by atoms with E-state index in [1.54, 1.807) is 12.1 Å². The van der Waals surface area contributed by atoms with E-state index in [1.165, 1.54) is 6.08 Å². The van der Waals surface area contributed by atoms with Crippen LogP contribution in [0.4, 0.5) is 13.2 Å². The summed E-state index contributed by atoms with van der Waals surface area (Å²) in [5.74, 6) is 1.13. The maximum Gasteiger partial charge on any atom is 0.422 e. The fourth-order valence-electron chi connectivity index (χ4n) is 1.73. The number of fused-ring (bicyclic) bond motifs is 2. The second-order valence-corrected chi connectivity index (χ2v) is 4.89. The molecule has 0 spiro atoms. The molecule has 0 aromatic heterocycles. The van der Waals surface area contributed by atoms with Gasteiger partial charge in [0.15, 0.2) is 0 Å². The van der Waals surface area contributed by atoms with Crippen LogP contribution in [0.3, 0.4) is 0 Å². The van der Waals surface area contributed by atoms with Crippen LogP contribution < -0.4 is 4.74 Å². The fraction of sp³-hybridized carbons (Fsp3) is 0.0769. The number of thioether (sulfide) groups is 1. The molecule has 0 unspecified atom stereocenters. The van der Waals surface area contributed by atoms with Gasteiger partial charge in [0, 0.05) is 5.56 Å². The Morgan fingerprint density at radius 1 is 1.00 bits per heavy atom. The Hall–Kier alpha value is -1.04. The molecule has 2 aliphatic heterocycles. The van der Waals surface area contributed by atoms with Crippen LogP contribution in [0.5, 0.6) is 5.75 Å². The lowest BCUT2D eigenvalue weighted by molar-refractivity contribution is -0.0836. The van der Waals surface area contributed by atoms with Gasteiger partial charge in [-0.25, -0.2) is 0 Å². The largest absolute Gasteiger partial charge is 0.456 e. The molecule has 1 nitrogen and oxygen atoms in total. The summed E-state index contributed by atoms with van der Waals surface area (Å²) in [6.07, 6.45) is -0.190. The second kappa shape index (κ2) is 6.16. The van der Waals surface area contributed by atoms with Gasteiger partial charge < -0.3 is 4.74 Å². The number of hydrogen-bond acceptors (Lipinski definition) is 2. The van der Waals surface area contributed by atoms with Crippen molar-refractivity contribution in [3.8, 4) is 5.75 Å². The van der Waals surface area contributed by atoms with Gasteiger partial charge >= 0.3 is 6.18 Å². The van der Waals surface area contributed by atoms with Crippen molar-refractivity contribution in [3.05, 3.63) is 57.6 Å². The Labute approximate surface area is 130 Å². The molecule has 0 amide bonds. The summed E-state index contributed by atoms with van der Waals surface area (Å²) in [5, 5.41) is 0. The second-order valence-electron chi connectivity index (χ2n) is 3.81. The van der Waals surface area contributed by atoms with Crippen molar-refractivity contribution in [1.82, 2.24) is 0 Å². The first-order valence-electron chi connectivity index (χ1n) is 5.20. The van der Waals surface area contributed by atoms with Gasteiger partial charge in [-0.3, -0.25) is 0 Å². The van der Waals surface area contributed by atoms with E-state index in [-0.39, 0.29) is 24.8 Å². The average Bonchev–Trinajstić information content (AvgIpc) is 2.34. The van der Waals surface area contributed by atoms with Gasteiger partial charge in [-0.1, -0.05) is 30.0 Å². The molecule has 0 bridgehead atoms. The minimum Gasteiger partial charge on any atom is -0.456 e. The number of ether oxygens (including phenoxy) is 1. The van der Waals surface area contributed by atoms with Crippen LogP contribution in [0.1, 0.15) is 5.56 Å². The maximum absolute atomic E-state index is 12.6. The van der Waals surface area contributed by atoms with Crippen LogP contribution in [0.25, 0.3) is 6.08 Å². The predicted molar refractivity (Wildman–Crippen MR) is 79.4 cm³/mol. The van der Waals surface area contributed by atoms with E-state index in [0.29, 0.717) is 28.2 Å². The van der Waals surface area contributed by atoms with Gasteiger partial charge in [0.2, 0.25) is 0 Å². The number of hydrogen-bond donors (Lipinski definition) is 0. The van der Waals surface area contributed by atoms with Gasteiger partial charge in [0.1, 0.15) is 11.5 Å². The molecule has 0 saturated carbocycles. The highest BCUT2D eigenvalue weighted by molar-refractivity contribution is 8.07. The Bertz CT molecular complexity index is 606.